The number of carbonyl (C=O) groups is 2. The number of likely N-dealkylation sites (tertiary alicyclic amines) is 1. The number of anilines is 1. The van der Waals surface area contributed by atoms with Crippen LogP contribution in [0.25, 0.3) is 0 Å². The molecule has 3 aromatic rings. The van der Waals surface area contributed by atoms with Crippen molar-refractivity contribution in [2.24, 2.45) is 0 Å². The molecular formula is C36H42N6O5S. The first kappa shape index (κ1) is 33.5. The molecule has 12 heteroatoms. The molecule has 1 atom stereocenters. The zero-order chi connectivity index (χ0) is 33.9. The fourth-order valence-corrected chi connectivity index (χ4v) is 8.73. The molecule has 0 spiro atoms. The maximum atomic E-state index is 15.0. The minimum absolute atomic E-state index is 0.0652. The standard InChI is InChI=1S/C36H42N6O5S/c1-3-18-39-21-23-40(24-22-39)28-16-19-41(20-17-28)35(44)38-36(30-12-8-9-13-33(30)47-4-2)31-25-27(26-37)14-15-32(31)42(34(36)43)48(45,46)29-10-6-5-7-11-29/h5-15,25,28H,3-4,16-24H2,1-2H3,(H,38,44). The Morgan fingerprint density at radius 1 is 0.938 bits per heavy atom. The molecule has 3 aliphatic rings. The van der Waals surface area contributed by atoms with Gasteiger partial charge in [-0.1, -0.05) is 43.3 Å². The number of piperazine rings is 1. The zero-order valence-corrected chi connectivity index (χ0v) is 28.3. The van der Waals surface area contributed by atoms with Gasteiger partial charge in [0.2, 0.25) is 0 Å². The molecule has 0 aromatic heterocycles. The highest BCUT2D eigenvalue weighted by atomic mass is 32.2. The van der Waals surface area contributed by atoms with E-state index in [0.29, 0.717) is 24.9 Å². The Balaban J connectivity index is 1.37. The number of sulfonamides is 1. The fourth-order valence-electron chi connectivity index (χ4n) is 7.24. The number of urea groups is 1. The van der Waals surface area contributed by atoms with Gasteiger partial charge in [0.1, 0.15) is 5.75 Å². The second-order valence-electron chi connectivity index (χ2n) is 12.4. The zero-order valence-electron chi connectivity index (χ0n) is 27.5. The van der Waals surface area contributed by atoms with E-state index in [1.165, 1.54) is 30.3 Å². The summed E-state index contributed by atoms with van der Waals surface area (Å²) in [5, 5.41) is 12.9. The number of ether oxygens (including phenoxy) is 1. The highest BCUT2D eigenvalue weighted by molar-refractivity contribution is 7.93. The molecule has 0 saturated carbocycles. The van der Waals surface area contributed by atoms with Crippen LogP contribution in [-0.4, -0.2) is 93.5 Å². The maximum Gasteiger partial charge on any atom is 0.318 e. The van der Waals surface area contributed by atoms with Crippen molar-refractivity contribution in [3.05, 3.63) is 89.5 Å². The SMILES string of the molecule is CCCN1CCN(C2CCN(C(=O)NC3(c4ccccc4OCC)C(=O)N(S(=O)(=O)c4ccccc4)c4ccc(C#N)cc43)CC2)CC1. The Morgan fingerprint density at radius 3 is 2.29 bits per heavy atom. The van der Waals surface area contributed by atoms with Crippen LogP contribution in [0.4, 0.5) is 10.5 Å². The van der Waals surface area contributed by atoms with Crippen LogP contribution in [0.5, 0.6) is 5.75 Å². The fraction of sp³-hybridized carbons (Fsp3) is 0.417. The number of hydrogen-bond acceptors (Lipinski definition) is 8. The molecule has 1 unspecified atom stereocenters. The van der Waals surface area contributed by atoms with Crippen molar-refractivity contribution in [2.75, 3.05) is 56.7 Å². The van der Waals surface area contributed by atoms with E-state index in [1.807, 2.05) is 0 Å². The third-order valence-corrected chi connectivity index (χ3v) is 11.3. The number of carbonyl (C=O) groups excluding carboxylic acids is 2. The van der Waals surface area contributed by atoms with Crippen LogP contribution in [-0.2, 0) is 20.4 Å². The molecule has 3 aliphatic heterocycles. The van der Waals surface area contributed by atoms with Gasteiger partial charge in [-0.05, 0) is 69.1 Å². The summed E-state index contributed by atoms with van der Waals surface area (Å²) < 4.78 is 35.1. The lowest BCUT2D eigenvalue weighted by molar-refractivity contribution is -0.121. The number of benzene rings is 3. The Morgan fingerprint density at radius 2 is 1.62 bits per heavy atom. The van der Waals surface area contributed by atoms with Gasteiger partial charge in [0.25, 0.3) is 15.9 Å². The lowest BCUT2D eigenvalue weighted by Gasteiger charge is -2.43. The molecule has 1 N–H and O–H groups in total. The largest absolute Gasteiger partial charge is 0.493 e. The number of nitrogens with one attached hydrogen (secondary N) is 1. The van der Waals surface area contributed by atoms with Crippen molar-refractivity contribution in [1.29, 1.82) is 5.26 Å². The Kier molecular flexibility index (Phi) is 9.73. The summed E-state index contributed by atoms with van der Waals surface area (Å²) in [6, 6.07) is 20.9. The number of rotatable bonds is 9. The lowest BCUT2D eigenvalue weighted by atomic mass is 9.82. The first-order valence-electron chi connectivity index (χ1n) is 16.7. The molecule has 252 valence electrons. The molecule has 2 fully saturated rings. The van der Waals surface area contributed by atoms with Crippen LogP contribution in [0.3, 0.4) is 0 Å². The van der Waals surface area contributed by atoms with Gasteiger partial charge in [-0.15, -0.1) is 0 Å². The van der Waals surface area contributed by atoms with Crippen LogP contribution in [0.1, 0.15) is 49.8 Å². The quantitative estimate of drug-likeness (QED) is 0.360. The number of fused-ring (bicyclic) bond motifs is 1. The van der Waals surface area contributed by atoms with E-state index in [9.17, 15) is 23.3 Å². The minimum atomic E-state index is -4.43. The third kappa shape index (κ3) is 6.02. The number of para-hydroxylation sites is 1. The highest BCUT2D eigenvalue weighted by Crippen LogP contribution is 2.49. The van der Waals surface area contributed by atoms with Crippen molar-refractivity contribution < 1.29 is 22.7 Å². The second kappa shape index (κ2) is 14.0. The molecule has 6 rings (SSSR count). The molecular weight excluding hydrogens is 628 g/mol. The summed E-state index contributed by atoms with van der Waals surface area (Å²) in [5.41, 5.74) is -1.25. The maximum absolute atomic E-state index is 15.0. The normalized spacial score (nSPS) is 20.7. The van der Waals surface area contributed by atoms with Gasteiger partial charge >= 0.3 is 6.03 Å². The number of piperidine rings is 1. The van der Waals surface area contributed by atoms with E-state index in [0.717, 1.165) is 56.3 Å². The lowest BCUT2D eigenvalue weighted by Crippen LogP contribution is -2.59. The molecule has 11 nitrogen and oxygen atoms in total. The summed E-state index contributed by atoms with van der Waals surface area (Å²) in [7, 11) is -4.43. The van der Waals surface area contributed by atoms with E-state index in [2.05, 4.69) is 28.1 Å². The third-order valence-electron chi connectivity index (χ3n) is 9.64. The summed E-state index contributed by atoms with van der Waals surface area (Å²) >= 11 is 0. The van der Waals surface area contributed by atoms with E-state index in [1.54, 1.807) is 54.3 Å². The predicted octanol–water partition coefficient (Wildman–Crippen LogP) is 4.14. The van der Waals surface area contributed by atoms with Gasteiger partial charge in [0.05, 0.1) is 28.8 Å². The number of hydrogen-bond donors (Lipinski definition) is 1. The predicted molar refractivity (Wildman–Crippen MR) is 182 cm³/mol. The highest BCUT2D eigenvalue weighted by Gasteiger charge is 2.58. The van der Waals surface area contributed by atoms with Crippen LogP contribution in [0, 0.1) is 11.3 Å². The van der Waals surface area contributed by atoms with Crippen molar-refractivity contribution in [1.82, 2.24) is 20.0 Å². The smallest absolute Gasteiger partial charge is 0.318 e. The number of nitriles is 1. The Hall–Kier alpha value is -4.44. The van der Waals surface area contributed by atoms with E-state index < -0.39 is 27.5 Å². The van der Waals surface area contributed by atoms with E-state index in [4.69, 9.17) is 4.74 Å². The molecule has 3 heterocycles. The summed E-state index contributed by atoms with van der Waals surface area (Å²) in [5.74, 6) is -0.557. The average molecular weight is 671 g/mol. The minimum Gasteiger partial charge on any atom is -0.493 e. The average Bonchev–Trinajstić information content (AvgIpc) is 3.37. The molecule has 0 bridgehead atoms. The monoisotopic (exact) mass is 670 g/mol. The Bertz CT molecular complexity index is 1800. The number of amides is 3. The van der Waals surface area contributed by atoms with Crippen LogP contribution < -0.4 is 14.4 Å². The topological polar surface area (TPSA) is 126 Å². The van der Waals surface area contributed by atoms with Crippen LogP contribution >= 0.6 is 0 Å². The van der Waals surface area contributed by atoms with Gasteiger partial charge in [0.15, 0.2) is 5.54 Å². The van der Waals surface area contributed by atoms with Crippen molar-refractivity contribution in [3.8, 4) is 11.8 Å². The molecule has 48 heavy (non-hydrogen) atoms. The molecule has 0 aliphatic carbocycles. The van der Waals surface area contributed by atoms with Gasteiger partial charge < -0.3 is 19.9 Å². The molecule has 3 aromatic carbocycles. The van der Waals surface area contributed by atoms with Gasteiger partial charge in [0, 0.05) is 56.4 Å². The summed E-state index contributed by atoms with van der Waals surface area (Å²) in [4.78, 5) is 35.9. The van der Waals surface area contributed by atoms with Crippen molar-refractivity contribution in [3.63, 3.8) is 0 Å². The van der Waals surface area contributed by atoms with Crippen LogP contribution in [0.15, 0.2) is 77.7 Å². The molecule has 0 radical (unpaired) electrons. The molecule has 3 amide bonds. The van der Waals surface area contributed by atoms with Gasteiger partial charge in [-0.3, -0.25) is 9.69 Å². The van der Waals surface area contributed by atoms with Gasteiger partial charge in [-0.25, -0.2) is 13.2 Å². The van der Waals surface area contributed by atoms with E-state index in [-0.39, 0.29) is 33.9 Å². The second-order valence-corrected chi connectivity index (χ2v) is 14.2. The Labute approximate surface area is 282 Å². The summed E-state index contributed by atoms with van der Waals surface area (Å²) in [6.45, 7) is 10.5. The first-order valence-corrected chi connectivity index (χ1v) is 18.1. The van der Waals surface area contributed by atoms with Crippen molar-refractivity contribution in [2.45, 2.75) is 49.6 Å². The molecule has 2 saturated heterocycles. The van der Waals surface area contributed by atoms with Crippen LogP contribution in [0.2, 0.25) is 0 Å². The number of nitrogens with zero attached hydrogens (tertiary/aromatic N) is 5. The van der Waals surface area contributed by atoms with Crippen molar-refractivity contribution >= 4 is 27.6 Å². The van der Waals surface area contributed by atoms with Gasteiger partial charge in [-0.2, -0.15) is 9.57 Å². The van der Waals surface area contributed by atoms with E-state index >= 15 is 0 Å². The first-order chi connectivity index (χ1) is 23.2. The summed E-state index contributed by atoms with van der Waals surface area (Å²) in [6.07, 6.45) is 2.73.